The molecule has 108 valence electrons. The Balaban J connectivity index is 2.15. The van der Waals surface area contributed by atoms with Gasteiger partial charge in [0.25, 0.3) is 0 Å². The van der Waals surface area contributed by atoms with Crippen molar-refractivity contribution in [2.24, 2.45) is 0 Å². The molecule has 0 spiro atoms. The summed E-state index contributed by atoms with van der Waals surface area (Å²) < 4.78 is 20.1. The van der Waals surface area contributed by atoms with Gasteiger partial charge in [-0.15, -0.1) is 11.6 Å². The topological polar surface area (TPSA) is 44.1 Å². The first-order valence-electron chi connectivity index (χ1n) is 6.52. The van der Waals surface area contributed by atoms with E-state index < -0.39 is 0 Å². The van der Waals surface area contributed by atoms with Crippen LogP contribution in [-0.2, 0) is 22.0 Å². The Morgan fingerprint density at radius 1 is 1.50 bits per heavy atom. The number of ether oxygens (including phenoxy) is 1. The standard InChI is InChI=1S/C14H16ClFN2O2/c1-2-20-14(19)4-3-7-18-12-8-10(16)5-6-11(12)17-13(18)9-15/h5-6,8H,2-4,7,9H2,1H3. The monoisotopic (exact) mass is 298 g/mol. The highest BCUT2D eigenvalue weighted by Crippen LogP contribution is 2.19. The van der Waals surface area contributed by atoms with Crippen LogP contribution in [0.25, 0.3) is 11.0 Å². The van der Waals surface area contributed by atoms with Gasteiger partial charge in [-0.2, -0.15) is 0 Å². The van der Waals surface area contributed by atoms with Crippen molar-refractivity contribution in [2.45, 2.75) is 32.2 Å². The molecule has 0 aliphatic rings. The number of rotatable bonds is 6. The highest BCUT2D eigenvalue weighted by atomic mass is 35.5. The van der Waals surface area contributed by atoms with E-state index in [1.165, 1.54) is 12.1 Å². The van der Waals surface area contributed by atoms with E-state index in [0.717, 1.165) is 0 Å². The zero-order chi connectivity index (χ0) is 14.5. The Hall–Kier alpha value is -1.62. The first-order valence-corrected chi connectivity index (χ1v) is 7.05. The summed E-state index contributed by atoms with van der Waals surface area (Å²) in [5, 5.41) is 0. The molecule has 1 aromatic heterocycles. The minimum atomic E-state index is -0.315. The fourth-order valence-corrected chi connectivity index (χ4v) is 2.32. The molecule has 1 heterocycles. The van der Waals surface area contributed by atoms with Gasteiger partial charge >= 0.3 is 5.97 Å². The van der Waals surface area contributed by atoms with Crippen molar-refractivity contribution < 1.29 is 13.9 Å². The summed E-state index contributed by atoms with van der Waals surface area (Å²) >= 11 is 5.87. The lowest BCUT2D eigenvalue weighted by Gasteiger charge is -2.07. The van der Waals surface area contributed by atoms with E-state index in [1.54, 1.807) is 13.0 Å². The first kappa shape index (κ1) is 14.8. The predicted molar refractivity (Wildman–Crippen MR) is 75.1 cm³/mol. The number of aryl methyl sites for hydroxylation is 1. The number of carbonyl (C=O) groups is 1. The number of nitrogens with zero attached hydrogens (tertiary/aromatic N) is 2. The van der Waals surface area contributed by atoms with Gasteiger partial charge in [-0.25, -0.2) is 9.37 Å². The summed E-state index contributed by atoms with van der Waals surface area (Å²) in [6, 6.07) is 4.43. The number of aromatic nitrogens is 2. The van der Waals surface area contributed by atoms with Crippen molar-refractivity contribution in [1.82, 2.24) is 9.55 Å². The molecular weight excluding hydrogens is 283 g/mol. The summed E-state index contributed by atoms with van der Waals surface area (Å²) in [7, 11) is 0. The van der Waals surface area contributed by atoms with E-state index in [-0.39, 0.29) is 17.7 Å². The largest absolute Gasteiger partial charge is 0.466 e. The van der Waals surface area contributed by atoms with Crippen molar-refractivity contribution in [3.05, 3.63) is 29.8 Å². The average molecular weight is 299 g/mol. The van der Waals surface area contributed by atoms with Crippen LogP contribution in [0, 0.1) is 5.82 Å². The fourth-order valence-electron chi connectivity index (χ4n) is 2.11. The lowest BCUT2D eigenvalue weighted by molar-refractivity contribution is -0.143. The number of fused-ring (bicyclic) bond motifs is 1. The maximum atomic E-state index is 13.3. The molecule has 1 aromatic carbocycles. The van der Waals surface area contributed by atoms with Crippen molar-refractivity contribution in [3.63, 3.8) is 0 Å². The van der Waals surface area contributed by atoms with E-state index in [2.05, 4.69) is 4.98 Å². The second-order valence-corrected chi connectivity index (χ2v) is 4.62. The zero-order valence-corrected chi connectivity index (χ0v) is 12.0. The SMILES string of the molecule is CCOC(=O)CCCn1c(CCl)nc2ccc(F)cc21. The maximum absolute atomic E-state index is 13.3. The van der Waals surface area contributed by atoms with E-state index >= 15 is 0 Å². The van der Waals surface area contributed by atoms with Crippen LogP contribution >= 0.6 is 11.6 Å². The van der Waals surface area contributed by atoms with Gasteiger partial charge in [-0.1, -0.05) is 0 Å². The van der Waals surface area contributed by atoms with Gasteiger partial charge in [0, 0.05) is 13.0 Å². The van der Waals surface area contributed by atoms with Crippen molar-refractivity contribution >= 4 is 28.6 Å². The predicted octanol–water partition coefficient (Wildman–Crippen LogP) is 3.26. The van der Waals surface area contributed by atoms with Crippen LogP contribution in [0.1, 0.15) is 25.6 Å². The van der Waals surface area contributed by atoms with Crippen LogP contribution in [0.2, 0.25) is 0 Å². The minimum absolute atomic E-state index is 0.226. The highest BCUT2D eigenvalue weighted by molar-refractivity contribution is 6.16. The number of alkyl halides is 1. The molecule has 0 amide bonds. The molecule has 0 unspecified atom stereocenters. The number of halogens is 2. The van der Waals surface area contributed by atoms with Crippen LogP contribution in [0.3, 0.4) is 0 Å². The Labute approximate surface area is 121 Å². The Morgan fingerprint density at radius 3 is 3.00 bits per heavy atom. The summed E-state index contributed by atoms with van der Waals surface area (Å²) in [6.45, 7) is 2.71. The lowest BCUT2D eigenvalue weighted by atomic mass is 10.3. The Kier molecular flexibility index (Phi) is 4.95. The number of hydrogen-bond acceptors (Lipinski definition) is 3. The number of carbonyl (C=O) groups excluding carboxylic acids is 1. The quantitative estimate of drug-likeness (QED) is 0.607. The smallest absolute Gasteiger partial charge is 0.305 e. The summed E-state index contributed by atoms with van der Waals surface area (Å²) in [6.07, 6.45) is 0.926. The number of imidazole rings is 1. The number of esters is 1. The molecular formula is C14H16ClFN2O2. The van der Waals surface area contributed by atoms with Crippen LogP contribution in [0.5, 0.6) is 0 Å². The van der Waals surface area contributed by atoms with Crippen molar-refractivity contribution in [2.75, 3.05) is 6.61 Å². The van der Waals surface area contributed by atoms with Crippen LogP contribution in [0.4, 0.5) is 4.39 Å². The molecule has 2 aromatic rings. The molecule has 20 heavy (non-hydrogen) atoms. The van der Waals surface area contributed by atoms with Gasteiger partial charge in [-0.05, 0) is 31.5 Å². The third-order valence-corrected chi connectivity index (χ3v) is 3.22. The summed E-state index contributed by atoms with van der Waals surface area (Å²) in [5.74, 6) is 0.382. The number of hydrogen-bond donors (Lipinski definition) is 0. The van der Waals surface area contributed by atoms with E-state index in [1.807, 2.05) is 4.57 Å². The van der Waals surface area contributed by atoms with E-state index in [9.17, 15) is 9.18 Å². The molecule has 0 saturated heterocycles. The highest BCUT2D eigenvalue weighted by Gasteiger charge is 2.11. The van der Waals surface area contributed by atoms with Crippen LogP contribution in [0.15, 0.2) is 18.2 Å². The summed E-state index contributed by atoms with van der Waals surface area (Å²) in [4.78, 5) is 15.7. The number of benzene rings is 1. The van der Waals surface area contributed by atoms with Crippen LogP contribution < -0.4 is 0 Å². The molecule has 0 fully saturated rings. The van der Waals surface area contributed by atoms with E-state index in [0.29, 0.717) is 42.9 Å². The molecule has 0 atom stereocenters. The normalized spacial score (nSPS) is 10.9. The molecule has 0 bridgehead atoms. The van der Waals surface area contributed by atoms with Crippen molar-refractivity contribution in [3.8, 4) is 0 Å². The van der Waals surface area contributed by atoms with Gasteiger partial charge in [0.1, 0.15) is 11.6 Å². The molecule has 0 saturated carbocycles. The lowest BCUT2D eigenvalue weighted by Crippen LogP contribution is -2.08. The maximum Gasteiger partial charge on any atom is 0.305 e. The van der Waals surface area contributed by atoms with Gasteiger partial charge in [-0.3, -0.25) is 4.79 Å². The molecule has 0 aliphatic carbocycles. The molecule has 2 rings (SSSR count). The van der Waals surface area contributed by atoms with Crippen LogP contribution in [-0.4, -0.2) is 22.1 Å². The third kappa shape index (κ3) is 3.28. The second-order valence-electron chi connectivity index (χ2n) is 4.35. The van der Waals surface area contributed by atoms with Gasteiger partial charge < -0.3 is 9.30 Å². The molecule has 0 aliphatic heterocycles. The molecule has 0 N–H and O–H groups in total. The molecule has 6 heteroatoms. The summed E-state index contributed by atoms with van der Waals surface area (Å²) in [5.41, 5.74) is 1.41. The Morgan fingerprint density at radius 2 is 2.30 bits per heavy atom. The van der Waals surface area contributed by atoms with Gasteiger partial charge in [0.05, 0.1) is 23.5 Å². The second kappa shape index (κ2) is 6.70. The first-order chi connectivity index (χ1) is 9.65. The van der Waals surface area contributed by atoms with Gasteiger partial charge in [0.15, 0.2) is 0 Å². The Bertz CT molecular complexity index is 612. The zero-order valence-electron chi connectivity index (χ0n) is 11.2. The molecule has 0 radical (unpaired) electrons. The molecule has 4 nitrogen and oxygen atoms in total. The minimum Gasteiger partial charge on any atom is -0.466 e. The van der Waals surface area contributed by atoms with Gasteiger partial charge in [0.2, 0.25) is 0 Å². The third-order valence-electron chi connectivity index (χ3n) is 2.98. The fraction of sp³-hybridized carbons (Fsp3) is 0.429. The van der Waals surface area contributed by atoms with E-state index in [4.69, 9.17) is 16.3 Å². The average Bonchev–Trinajstić information content (AvgIpc) is 2.77. The van der Waals surface area contributed by atoms with Crippen molar-refractivity contribution in [1.29, 1.82) is 0 Å².